The molecular weight excluding hydrogens is 347 g/mol. The second-order valence-electron chi connectivity index (χ2n) is 5.03. The second kappa shape index (κ2) is 6.91. The van der Waals surface area contributed by atoms with Gasteiger partial charge in [-0.05, 0) is 30.3 Å². The van der Waals surface area contributed by atoms with Crippen LogP contribution >= 0.6 is 23.2 Å². The van der Waals surface area contributed by atoms with Gasteiger partial charge in [-0.3, -0.25) is 4.79 Å². The summed E-state index contributed by atoms with van der Waals surface area (Å²) >= 11 is 11.8. The largest absolute Gasteiger partial charge is 0.618 e. The standard InChI is InChI=1S/2C9H6ClNO/c10-8-4-1-5-9-7(8)3-2-6-11(9)12;10-7-2-1-3-8-6(7)4-5-9(12)11-8/h1-6H;1-5H,(H,11,12). The van der Waals surface area contributed by atoms with Crippen LogP contribution < -0.4 is 10.3 Å². The molecule has 4 aromatic rings. The highest BCUT2D eigenvalue weighted by Gasteiger charge is 2.03. The minimum atomic E-state index is -0.107. The van der Waals surface area contributed by atoms with Crippen LogP contribution in [0.5, 0.6) is 0 Å². The van der Waals surface area contributed by atoms with Gasteiger partial charge in [0.25, 0.3) is 0 Å². The van der Waals surface area contributed by atoms with Crippen molar-refractivity contribution in [3.05, 3.63) is 92.5 Å². The highest BCUT2D eigenvalue weighted by molar-refractivity contribution is 6.35. The average Bonchev–Trinajstić information content (AvgIpc) is 2.57. The third-order valence-electron chi connectivity index (χ3n) is 3.46. The third-order valence-corrected chi connectivity index (χ3v) is 4.12. The summed E-state index contributed by atoms with van der Waals surface area (Å²) < 4.78 is 0.807. The highest BCUT2D eigenvalue weighted by Crippen LogP contribution is 2.20. The summed E-state index contributed by atoms with van der Waals surface area (Å²) in [5, 5.41) is 14.1. The van der Waals surface area contributed by atoms with E-state index in [-0.39, 0.29) is 5.56 Å². The Hall–Kier alpha value is -2.56. The van der Waals surface area contributed by atoms with E-state index in [1.165, 1.54) is 12.3 Å². The number of halogens is 2. The Morgan fingerprint density at radius 2 is 1.54 bits per heavy atom. The Bertz CT molecular complexity index is 1040. The molecule has 4 nitrogen and oxygen atoms in total. The minimum absolute atomic E-state index is 0.107. The molecule has 0 amide bonds. The number of aromatic amines is 1. The average molecular weight is 359 g/mol. The van der Waals surface area contributed by atoms with Crippen LogP contribution in [0, 0.1) is 5.21 Å². The lowest BCUT2D eigenvalue weighted by molar-refractivity contribution is -0.577. The highest BCUT2D eigenvalue weighted by atomic mass is 35.5. The van der Waals surface area contributed by atoms with Crippen molar-refractivity contribution in [2.45, 2.75) is 0 Å². The molecule has 0 saturated heterocycles. The number of nitrogens with one attached hydrogen (secondary N) is 1. The predicted octanol–water partition coefficient (Wildman–Crippen LogP) is 4.31. The summed E-state index contributed by atoms with van der Waals surface area (Å²) in [5.74, 6) is 0. The van der Waals surface area contributed by atoms with Gasteiger partial charge >= 0.3 is 0 Å². The molecule has 120 valence electrons. The Morgan fingerprint density at radius 1 is 0.833 bits per heavy atom. The van der Waals surface area contributed by atoms with Crippen LogP contribution in [0.25, 0.3) is 21.8 Å². The Kier molecular flexibility index (Phi) is 4.69. The molecule has 2 aromatic carbocycles. The van der Waals surface area contributed by atoms with Gasteiger partial charge in [0.1, 0.15) is 0 Å². The van der Waals surface area contributed by atoms with Gasteiger partial charge in [0.15, 0.2) is 6.20 Å². The Morgan fingerprint density at radius 3 is 2.29 bits per heavy atom. The number of hydrogen-bond acceptors (Lipinski definition) is 2. The maximum Gasteiger partial charge on any atom is 0.248 e. The lowest BCUT2D eigenvalue weighted by Gasteiger charge is -2.00. The summed E-state index contributed by atoms with van der Waals surface area (Å²) in [6.07, 6.45) is 1.46. The van der Waals surface area contributed by atoms with Gasteiger partial charge in [-0.2, -0.15) is 4.73 Å². The first-order valence-corrected chi connectivity index (χ1v) is 7.86. The van der Waals surface area contributed by atoms with Crippen molar-refractivity contribution in [3.63, 3.8) is 0 Å². The van der Waals surface area contributed by atoms with Gasteiger partial charge in [-0.25, -0.2) is 0 Å². The van der Waals surface area contributed by atoms with Crippen molar-refractivity contribution >= 4 is 45.0 Å². The molecule has 0 radical (unpaired) electrons. The molecule has 0 aliphatic heterocycles. The molecule has 2 heterocycles. The monoisotopic (exact) mass is 358 g/mol. The molecule has 0 atom stereocenters. The molecule has 4 rings (SSSR count). The summed E-state index contributed by atoms with van der Waals surface area (Å²) in [6, 6.07) is 17.4. The van der Waals surface area contributed by atoms with Crippen molar-refractivity contribution in [1.82, 2.24) is 4.98 Å². The van der Waals surface area contributed by atoms with Crippen molar-refractivity contribution < 1.29 is 4.73 Å². The van der Waals surface area contributed by atoms with E-state index in [0.717, 1.165) is 21.0 Å². The third kappa shape index (κ3) is 3.35. The molecule has 0 aliphatic rings. The number of fused-ring (bicyclic) bond motifs is 2. The van der Waals surface area contributed by atoms with Crippen molar-refractivity contribution in [1.29, 1.82) is 0 Å². The fraction of sp³-hybridized carbons (Fsp3) is 0. The van der Waals surface area contributed by atoms with E-state index in [2.05, 4.69) is 4.98 Å². The van der Waals surface area contributed by atoms with Crippen LogP contribution in [0.1, 0.15) is 0 Å². The Labute approximate surface area is 147 Å². The zero-order valence-electron chi connectivity index (χ0n) is 12.4. The molecule has 0 bridgehead atoms. The number of nitrogens with zero attached hydrogens (tertiary/aromatic N) is 1. The smallest absolute Gasteiger partial charge is 0.248 e. The molecule has 0 aliphatic carbocycles. The quantitative estimate of drug-likeness (QED) is 0.376. The first kappa shape index (κ1) is 16.3. The number of aromatic nitrogens is 2. The zero-order valence-corrected chi connectivity index (χ0v) is 13.9. The van der Waals surface area contributed by atoms with Gasteiger partial charge in [0.2, 0.25) is 11.1 Å². The van der Waals surface area contributed by atoms with E-state index in [9.17, 15) is 10.0 Å². The number of benzene rings is 2. The maximum absolute atomic E-state index is 11.2. The number of H-pyrrole nitrogens is 1. The molecule has 0 spiro atoms. The lowest BCUT2D eigenvalue weighted by Crippen LogP contribution is -2.25. The van der Waals surface area contributed by atoms with Gasteiger partial charge < -0.3 is 10.2 Å². The van der Waals surface area contributed by atoms with E-state index < -0.39 is 0 Å². The molecule has 0 fully saturated rings. The topological polar surface area (TPSA) is 59.8 Å². The molecule has 0 unspecified atom stereocenters. The molecular formula is C18H12Cl2N2O2. The van der Waals surface area contributed by atoms with Crippen molar-refractivity contribution in [3.8, 4) is 0 Å². The first-order valence-electron chi connectivity index (χ1n) is 7.10. The van der Waals surface area contributed by atoms with E-state index in [4.69, 9.17) is 23.2 Å². The zero-order chi connectivity index (χ0) is 17.1. The van der Waals surface area contributed by atoms with Crippen molar-refractivity contribution in [2.24, 2.45) is 0 Å². The second-order valence-corrected chi connectivity index (χ2v) is 5.84. The van der Waals surface area contributed by atoms with Gasteiger partial charge in [0.05, 0.1) is 10.4 Å². The van der Waals surface area contributed by atoms with Gasteiger partial charge in [0, 0.05) is 34.1 Å². The van der Waals surface area contributed by atoms with Crippen LogP contribution in [-0.4, -0.2) is 4.98 Å². The van der Waals surface area contributed by atoms with E-state index in [0.29, 0.717) is 15.6 Å². The molecule has 24 heavy (non-hydrogen) atoms. The van der Waals surface area contributed by atoms with Crippen LogP contribution in [0.15, 0.2) is 71.7 Å². The van der Waals surface area contributed by atoms with Gasteiger partial charge in [-0.1, -0.05) is 35.3 Å². The summed E-state index contributed by atoms with van der Waals surface area (Å²) in [6.45, 7) is 0. The van der Waals surface area contributed by atoms with E-state index >= 15 is 0 Å². The fourth-order valence-corrected chi connectivity index (χ4v) is 2.80. The summed E-state index contributed by atoms with van der Waals surface area (Å²) in [7, 11) is 0. The normalized spacial score (nSPS) is 10.4. The summed E-state index contributed by atoms with van der Waals surface area (Å²) in [4.78, 5) is 13.6. The SMILES string of the molecule is O=c1ccc2c(Cl)cccc2[nH]1.[O-][n+]1cccc2c(Cl)cccc21. The summed E-state index contributed by atoms with van der Waals surface area (Å²) in [5.41, 5.74) is 1.27. The maximum atomic E-state index is 11.2. The van der Waals surface area contributed by atoms with E-state index in [1.807, 2.05) is 12.1 Å². The van der Waals surface area contributed by atoms with Gasteiger partial charge in [-0.15, -0.1) is 0 Å². The van der Waals surface area contributed by atoms with Crippen LogP contribution in [0.3, 0.4) is 0 Å². The molecule has 6 heteroatoms. The lowest BCUT2D eigenvalue weighted by atomic mass is 10.2. The Balaban J connectivity index is 0.000000141. The molecule has 1 N–H and O–H groups in total. The van der Waals surface area contributed by atoms with Crippen LogP contribution in [0.4, 0.5) is 0 Å². The van der Waals surface area contributed by atoms with Crippen molar-refractivity contribution in [2.75, 3.05) is 0 Å². The number of pyridine rings is 2. The molecule has 2 aromatic heterocycles. The van der Waals surface area contributed by atoms with E-state index in [1.54, 1.807) is 42.5 Å². The fourth-order valence-electron chi connectivity index (χ4n) is 2.33. The first-order chi connectivity index (χ1) is 11.6. The predicted molar refractivity (Wildman–Crippen MR) is 97.5 cm³/mol. The molecule has 0 saturated carbocycles. The number of rotatable bonds is 0. The van der Waals surface area contributed by atoms with Crippen LogP contribution in [-0.2, 0) is 0 Å². The number of hydrogen-bond donors (Lipinski definition) is 1. The minimum Gasteiger partial charge on any atom is -0.618 e. The van der Waals surface area contributed by atoms with Crippen LogP contribution in [0.2, 0.25) is 10.0 Å².